The van der Waals surface area contributed by atoms with E-state index < -0.39 is 41.7 Å². The van der Waals surface area contributed by atoms with Crippen molar-refractivity contribution in [3.05, 3.63) is 45.0 Å². The predicted octanol–water partition coefficient (Wildman–Crippen LogP) is 2.41. The van der Waals surface area contributed by atoms with E-state index in [1.807, 2.05) is 0 Å². The second-order valence-corrected chi connectivity index (χ2v) is 4.98. The first-order chi connectivity index (χ1) is 9.81. The predicted molar refractivity (Wildman–Crippen MR) is 74.1 cm³/mol. The minimum absolute atomic E-state index is 0.233. The molecule has 0 amide bonds. The van der Waals surface area contributed by atoms with Crippen LogP contribution in [0.5, 0.6) is 0 Å². The van der Waals surface area contributed by atoms with Crippen molar-refractivity contribution in [3.8, 4) is 0 Å². The summed E-state index contributed by atoms with van der Waals surface area (Å²) < 4.78 is 0. The molecule has 21 heavy (non-hydrogen) atoms. The number of benzene rings is 1. The minimum atomic E-state index is -1.28. The number of hydrogen-bond acceptors (Lipinski definition) is 4. The molecule has 0 saturated heterocycles. The highest BCUT2D eigenvalue weighted by Crippen LogP contribution is 2.29. The lowest BCUT2D eigenvalue weighted by molar-refractivity contribution is -0.527. The summed E-state index contributed by atoms with van der Waals surface area (Å²) in [6.07, 6.45) is -1.08. The lowest BCUT2D eigenvalue weighted by atomic mass is 9.86. The van der Waals surface area contributed by atoms with Crippen LogP contribution in [0.1, 0.15) is 30.7 Å². The molecule has 2 N–H and O–H groups in total. The van der Waals surface area contributed by atoms with Crippen LogP contribution in [-0.2, 0) is 9.59 Å². The highest BCUT2D eigenvalue weighted by atomic mass is 35.5. The molecule has 0 radical (unpaired) electrons. The van der Waals surface area contributed by atoms with E-state index in [9.17, 15) is 19.7 Å². The molecule has 1 rings (SSSR count). The summed E-state index contributed by atoms with van der Waals surface area (Å²) >= 11 is 5.74. The van der Waals surface area contributed by atoms with Gasteiger partial charge in [0.2, 0.25) is 6.04 Å². The summed E-state index contributed by atoms with van der Waals surface area (Å²) in [6.45, 7) is 0. The van der Waals surface area contributed by atoms with Gasteiger partial charge in [-0.05, 0) is 17.7 Å². The lowest BCUT2D eigenvalue weighted by Gasteiger charge is -2.19. The molecule has 0 bridgehead atoms. The highest BCUT2D eigenvalue weighted by molar-refractivity contribution is 6.30. The molecule has 0 spiro atoms. The molecule has 0 aromatic heterocycles. The molecule has 7 nitrogen and oxygen atoms in total. The summed E-state index contributed by atoms with van der Waals surface area (Å²) in [5.74, 6) is -3.25. The van der Waals surface area contributed by atoms with Gasteiger partial charge in [-0.25, -0.2) is 0 Å². The van der Waals surface area contributed by atoms with E-state index in [0.29, 0.717) is 10.6 Å². The maximum Gasteiger partial charge on any atom is 0.304 e. The molecule has 8 heteroatoms. The van der Waals surface area contributed by atoms with Gasteiger partial charge in [0.25, 0.3) is 0 Å². The van der Waals surface area contributed by atoms with Crippen LogP contribution >= 0.6 is 11.6 Å². The Bertz CT molecular complexity index is 530. The van der Waals surface area contributed by atoms with Crippen LogP contribution in [0, 0.1) is 10.1 Å². The van der Waals surface area contributed by atoms with Gasteiger partial charge in [0.05, 0.1) is 18.8 Å². The number of rotatable bonds is 8. The Labute approximate surface area is 125 Å². The van der Waals surface area contributed by atoms with Gasteiger partial charge in [0.15, 0.2) is 0 Å². The number of nitro groups is 1. The lowest BCUT2D eigenvalue weighted by Crippen LogP contribution is -2.30. The van der Waals surface area contributed by atoms with Crippen LogP contribution in [0.25, 0.3) is 0 Å². The Hall–Kier alpha value is -2.15. The molecule has 0 fully saturated rings. The van der Waals surface area contributed by atoms with Gasteiger partial charge in [0.1, 0.15) is 0 Å². The van der Waals surface area contributed by atoms with Gasteiger partial charge >= 0.3 is 11.9 Å². The number of carboxylic acid groups (broad SMARTS) is 2. The van der Waals surface area contributed by atoms with Gasteiger partial charge in [-0.1, -0.05) is 23.7 Å². The number of carboxylic acids is 2. The van der Waals surface area contributed by atoms with Crippen molar-refractivity contribution in [2.75, 3.05) is 0 Å². The van der Waals surface area contributed by atoms with Crippen LogP contribution in [0.15, 0.2) is 24.3 Å². The number of hydrogen-bond donors (Lipinski definition) is 2. The molecule has 0 aliphatic carbocycles. The number of halogens is 1. The van der Waals surface area contributed by atoms with Crippen molar-refractivity contribution in [3.63, 3.8) is 0 Å². The van der Waals surface area contributed by atoms with E-state index in [-0.39, 0.29) is 6.42 Å². The molecule has 0 aliphatic heterocycles. The van der Waals surface area contributed by atoms with E-state index in [0.717, 1.165) is 0 Å². The minimum Gasteiger partial charge on any atom is -0.481 e. The second-order valence-electron chi connectivity index (χ2n) is 4.54. The summed E-state index contributed by atoms with van der Waals surface area (Å²) in [4.78, 5) is 32.1. The van der Waals surface area contributed by atoms with Crippen LogP contribution in [0.4, 0.5) is 0 Å². The van der Waals surface area contributed by atoms with Crippen molar-refractivity contribution in [1.82, 2.24) is 0 Å². The smallest absolute Gasteiger partial charge is 0.304 e. The van der Waals surface area contributed by atoms with Crippen molar-refractivity contribution in [1.29, 1.82) is 0 Å². The first kappa shape index (κ1) is 16.9. The van der Waals surface area contributed by atoms with Gasteiger partial charge in [-0.2, -0.15) is 0 Å². The maximum absolute atomic E-state index is 11.2. The van der Waals surface area contributed by atoms with Gasteiger partial charge in [-0.15, -0.1) is 0 Å². The fourth-order valence-corrected chi connectivity index (χ4v) is 2.23. The third-order valence-electron chi connectivity index (χ3n) is 3.08. The summed E-state index contributed by atoms with van der Waals surface area (Å²) in [6, 6.07) is 4.79. The highest BCUT2D eigenvalue weighted by Gasteiger charge is 2.34. The fraction of sp³-hybridized carbons (Fsp3) is 0.385. The largest absolute Gasteiger partial charge is 0.481 e. The molecule has 0 aliphatic rings. The summed E-state index contributed by atoms with van der Waals surface area (Å²) in [7, 11) is 0. The quantitative estimate of drug-likeness (QED) is 0.561. The van der Waals surface area contributed by atoms with E-state index in [2.05, 4.69) is 0 Å². The standard InChI is InChI=1S/C13H14ClNO6/c14-9-3-1-8(2-4-9)10(7-13(18)19)11(15(20)21)5-6-12(16)17/h1-4,10-11H,5-7H2,(H,16,17)(H,18,19). The molecule has 2 atom stereocenters. The number of nitrogens with zero attached hydrogens (tertiary/aromatic N) is 1. The molecule has 1 aromatic rings. The van der Waals surface area contributed by atoms with E-state index in [4.69, 9.17) is 21.8 Å². The average Bonchev–Trinajstić information content (AvgIpc) is 2.37. The number of carbonyl (C=O) groups is 2. The SMILES string of the molecule is O=C(O)CCC(C(CC(=O)O)c1ccc(Cl)cc1)[N+](=O)[O-]. The van der Waals surface area contributed by atoms with Crippen LogP contribution < -0.4 is 0 Å². The van der Waals surface area contributed by atoms with Gasteiger partial charge in [0, 0.05) is 16.4 Å². The number of aliphatic carboxylic acids is 2. The van der Waals surface area contributed by atoms with Gasteiger partial charge < -0.3 is 10.2 Å². The van der Waals surface area contributed by atoms with Crippen molar-refractivity contribution >= 4 is 23.5 Å². The van der Waals surface area contributed by atoms with Gasteiger partial charge in [-0.3, -0.25) is 19.7 Å². The fourth-order valence-electron chi connectivity index (χ4n) is 2.10. The van der Waals surface area contributed by atoms with Crippen LogP contribution in [0.2, 0.25) is 5.02 Å². The first-order valence-electron chi connectivity index (χ1n) is 6.13. The van der Waals surface area contributed by atoms with E-state index in [1.165, 1.54) is 24.3 Å². The van der Waals surface area contributed by atoms with Crippen molar-refractivity contribution < 1.29 is 24.7 Å². The Morgan fingerprint density at radius 3 is 2.19 bits per heavy atom. The maximum atomic E-state index is 11.2. The monoisotopic (exact) mass is 315 g/mol. The Morgan fingerprint density at radius 1 is 1.19 bits per heavy atom. The summed E-state index contributed by atoms with van der Waals surface area (Å²) in [5, 5.41) is 29.2. The van der Waals surface area contributed by atoms with E-state index in [1.54, 1.807) is 0 Å². The second kappa shape index (κ2) is 7.58. The molecular formula is C13H14ClNO6. The van der Waals surface area contributed by atoms with E-state index >= 15 is 0 Å². The molecule has 0 saturated carbocycles. The molecular weight excluding hydrogens is 302 g/mol. The van der Waals surface area contributed by atoms with Crippen molar-refractivity contribution in [2.45, 2.75) is 31.2 Å². The Kier molecular flexibility index (Phi) is 6.10. The van der Waals surface area contributed by atoms with Crippen LogP contribution in [0.3, 0.4) is 0 Å². The molecule has 1 aromatic carbocycles. The zero-order chi connectivity index (χ0) is 16.0. The normalized spacial score (nSPS) is 13.4. The Balaban J connectivity index is 3.07. The molecule has 0 heterocycles. The average molecular weight is 316 g/mol. The zero-order valence-corrected chi connectivity index (χ0v) is 11.7. The first-order valence-corrected chi connectivity index (χ1v) is 6.51. The van der Waals surface area contributed by atoms with Crippen molar-refractivity contribution in [2.24, 2.45) is 0 Å². The zero-order valence-electron chi connectivity index (χ0n) is 10.9. The third-order valence-corrected chi connectivity index (χ3v) is 3.33. The van der Waals surface area contributed by atoms with Crippen LogP contribution in [-0.4, -0.2) is 33.1 Å². The molecule has 2 unspecified atom stereocenters. The third kappa shape index (κ3) is 5.39. The topological polar surface area (TPSA) is 118 Å². The summed E-state index contributed by atoms with van der Waals surface area (Å²) in [5.41, 5.74) is 0.453. The molecule has 114 valence electrons. The Morgan fingerprint density at radius 2 is 1.76 bits per heavy atom.